The van der Waals surface area contributed by atoms with Gasteiger partial charge in [-0.15, -0.1) is 11.3 Å². The lowest BCUT2D eigenvalue weighted by molar-refractivity contribution is -0.133. The van der Waals surface area contributed by atoms with Crippen LogP contribution in [0.2, 0.25) is 0 Å². The summed E-state index contributed by atoms with van der Waals surface area (Å²) in [6.45, 7) is 4.16. The molecule has 1 saturated heterocycles. The number of carbonyl (C=O) groups is 1. The second kappa shape index (κ2) is 6.03. The quantitative estimate of drug-likeness (QED) is 0.795. The molecule has 0 saturated carbocycles. The average molecular weight is 336 g/mol. The Balaban J connectivity index is 2.10. The molecule has 2 atom stereocenters. The molecule has 1 aromatic heterocycles. The van der Waals surface area contributed by atoms with Crippen LogP contribution < -0.4 is 0 Å². The second-order valence-corrected chi connectivity index (χ2v) is 9.09. The summed E-state index contributed by atoms with van der Waals surface area (Å²) in [7, 11) is 1.59. The maximum Gasteiger partial charge on any atom is 0.270 e. The SMILES string of the molecule is CCC1CCC(C)N1C(=O)Cc1ccc(S(=O)(=O)Cl)s1. The van der Waals surface area contributed by atoms with Gasteiger partial charge in [0, 0.05) is 27.6 Å². The molecule has 112 valence electrons. The fourth-order valence-electron chi connectivity index (χ4n) is 2.75. The van der Waals surface area contributed by atoms with E-state index in [1.54, 1.807) is 6.07 Å². The first-order chi connectivity index (χ1) is 9.32. The highest BCUT2D eigenvalue weighted by atomic mass is 35.7. The second-order valence-electron chi connectivity index (χ2n) is 5.12. The summed E-state index contributed by atoms with van der Waals surface area (Å²) in [5.74, 6) is 0.0715. The minimum Gasteiger partial charge on any atom is -0.337 e. The lowest BCUT2D eigenvalue weighted by atomic mass is 10.1. The van der Waals surface area contributed by atoms with Crippen LogP contribution in [-0.2, 0) is 20.3 Å². The van der Waals surface area contributed by atoms with Crippen molar-refractivity contribution in [2.24, 2.45) is 0 Å². The first-order valence-electron chi connectivity index (χ1n) is 6.67. The molecule has 0 radical (unpaired) electrons. The molecule has 1 aliphatic heterocycles. The van der Waals surface area contributed by atoms with E-state index in [4.69, 9.17) is 10.7 Å². The maximum absolute atomic E-state index is 12.4. The predicted molar refractivity (Wildman–Crippen MR) is 80.7 cm³/mol. The lowest BCUT2D eigenvalue weighted by Crippen LogP contribution is -2.40. The van der Waals surface area contributed by atoms with Gasteiger partial charge in [-0.1, -0.05) is 6.92 Å². The predicted octanol–water partition coefficient (Wildman–Crippen LogP) is 3.01. The largest absolute Gasteiger partial charge is 0.337 e. The molecular formula is C13H18ClNO3S2. The Labute approximate surface area is 128 Å². The third-order valence-corrected chi connectivity index (χ3v) is 6.93. The van der Waals surface area contributed by atoms with E-state index in [1.165, 1.54) is 6.07 Å². The van der Waals surface area contributed by atoms with Crippen molar-refractivity contribution in [2.75, 3.05) is 0 Å². The topological polar surface area (TPSA) is 54.5 Å². The molecule has 0 aromatic carbocycles. The van der Waals surface area contributed by atoms with E-state index >= 15 is 0 Å². The number of thiophene rings is 1. The Bertz CT molecular complexity index is 597. The highest BCUT2D eigenvalue weighted by Gasteiger charge is 2.33. The van der Waals surface area contributed by atoms with Crippen molar-refractivity contribution < 1.29 is 13.2 Å². The van der Waals surface area contributed by atoms with Gasteiger partial charge in [0.15, 0.2) is 0 Å². The minimum atomic E-state index is -3.70. The first-order valence-corrected chi connectivity index (χ1v) is 9.80. The molecule has 0 aliphatic carbocycles. The van der Waals surface area contributed by atoms with Crippen molar-refractivity contribution in [3.05, 3.63) is 17.0 Å². The van der Waals surface area contributed by atoms with Gasteiger partial charge in [-0.05, 0) is 38.3 Å². The molecular weight excluding hydrogens is 318 g/mol. The Hall–Kier alpha value is -0.590. The van der Waals surface area contributed by atoms with Gasteiger partial charge in [-0.2, -0.15) is 0 Å². The zero-order valence-corrected chi connectivity index (χ0v) is 13.9. The van der Waals surface area contributed by atoms with Crippen LogP contribution in [0.1, 0.15) is 38.0 Å². The van der Waals surface area contributed by atoms with Crippen LogP contribution in [0.5, 0.6) is 0 Å². The van der Waals surface area contributed by atoms with E-state index in [0.717, 1.165) is 35.5 Å². The number of nitrogens with zero attached hydrogens (tertiary/aromatic N) is 1. The summed E-state index contributed by atoms with van der Waals surface area (Å²) in [5, 5.41) is 0. The van der Waals surface area contributed by atoms with Crippen LogP contribution in [0.15, 0.2) is 16.3 Å². The fraction of sp³-hybridized carbons (Fsp3) is 0.615. The molecule has 0 spiro atoms. The summed E-state index contributed by atoms with van der Waals surface area (Å²) in [4.78, 5) is 15.1. The molecule has 1 amide bonds. The molecule has 2 unspecified atom stereocenters. The van der Waals surface area contributed by atoms with Crippen LogP contribution >= 0.6 is 22.0 Å². The Morgan fingerprint density at radius 2 is 2.15 bits per heavy atom. The molecule has 1 aromatic rings. The van der Waals surface area contributed by atoms with Crippen molar-refractivity contribution in [1.29, 1.82) is 0 Å². The Kier molecular flexibility index (Phi) is 4.76. The molecule has 1 fully saturated rings. The van der Waals surface area contributed by atoms with Crippen LogP contribution in [0.4, 0.5) is 0 Å². The molecule has 7 heteroatoms. The van der Waals surface area contributed by atoms with Crippen molar-refractivity contribution in [1.82, 2.24) is 4.90 Å². The number of carbonyl (C=O) groups excluding carboxylic acids is 1. The van der Waals surface area contributed by atoms with Crippen LogP contribution in [-0.4, -0.2) is 31.3 Å². The number of amides is 1. The number of halogens is 1. The number of rotatable bonds is 4. The monoisotopic (exact) mass is 335 g/mol. The molecule has 0 bridgehead atoms. The molecule has 20 heavy (non-hydrogen) atoms. The number of likely N-dealkylation sites (tertiary alicyclic amines) is 1. The normalized spacial score (nSPS) is 23.2. The third kappa shape index (κ3) is 3.35. The van der Waals surface area contributed by atoms with Gasteiger partial charge >= 0.3 is 0 Å². The molecule has 0 N–H and O–H groups in total. The van der Waals surface area contributed by atoms with Crippen molar-refractivity contribution in [3.63, 3.8) is 0 Å². The van der Waals surface area contributed by atoms with Crippen molar-refractivity contribution in [3.8, 4) is 0 Å². The third-order valence-electron chi connectivity index (χ3n) is 3.75. The van der Waals surface area contributed by atoms with E-state index in [9.17, 15) is 13.2 Å². The van der Waals surface area contributed by atoms with Gasteiger partial charge in [0.25, 0.3) is 9.05 Å². The smallest absolute Gasteiger partial charge is 0.270 e. The van der Waals surface area contributed by atoms with Gasteiger partial charge in [-0.25, -0.2) is 8.42 Å². The summed E-state index contributed by atoms with van der Waals surface area (Å²) < 4.78 is 22.5. The van der Waals surface area contributed by atoms with E-state index in [1.807, 2.05) is 4.90 Å². The van der Waals surface area contributed by atoms with Crippen molar-refractivity contribution in [2.45, 2.75) is 55.8 Å². The zero-order valence-electron chi connectivity index (χ0n) is 11.5. The highest BCUT2D eigenvalue weighted by Crippen LogP contribution is 2.29. The summed E-state index contributed by atoms with van der Waals surface area (Å²) in [5.41, 5.74) is 0. The minimum absolute atomic E-state index is 0.0715. The van der Waals surface area contributed by atoms with E-state index in [2.05, 4.69) is 13.8 Å². The summed E-state index contributed by atoms with van der Waals surface area (Å²) in [6, 6.07) is 3.71. The maximum atomic E-state index is 12.4. The fourth-order valence-corrected chi connectivity index (χ4v) is 4.86. The van der Waals surface area contributed by atoms with Gasteiger partial charge in [0.1, 0.15) is 4.21 Å². The standard InChI is InChI=1S/C13H18ClNO3S2/c1-3-10-5-4-9(2)15(10)12(16)8-11-6-7-13(19-11)20(14,17)18/h6-7,9-10H,3-5,8H2,1-2H3. The first kappa shape index (κ1) is 15.8. The highest BCUT2D eigenvalue weighted by molar-refractivity contribution is 8.15. The molecule has 2 heterocycles. The van der Waals surface area contributed by atoms with E-state index < -0.39 is 9.05 Å². The Morgan fingerprint density at radius 1 is 1.45 bits per heavy atom. The summed E-state index contributed by atoms with van der Waals surface area (Å²) >= 11 is 1.07. The van der Waals surface area contributed by atoms with Gasteiger partial charge in [0.2, 0.25) is 5.91 Å². The van der Waals surface area contributed by atoms with Crippen molar-refractivity contribution >= 4 is 37.0 Å². The van der Waals surface area contributed by atoms with Gasteiger partial charge < -0.3 is 4.90 Å². The number of hydrogen-bond acceptors (Lipinski definition) is 4. The average Bonchev–Trinajstić information content (AvgIpc) is 2.94. The molecule has 4 nitrogen and oxygen atoms in total. The van der Waals surface area contributed by atoms with Crippen LogP contribution in [0, 0.1) is 0 Å². The van der Waals surface area contributed by atoms with Gasteiger partial charge in [-0.3, -0.25) is 4.79 Å². The van der Waals surface area contributed by atoms with Crippen LogP contribution in [0.3, 0.4) is 0 Å². The lowest BCUT2D eigenvalue weighted by Gasteiger charge is -2.27. The molecule has 2 rings (SSSR count). The zero-order chi connectivity index (χ0) is 14.9. The van der Waals surface area contributed by atoms with Gasteiger partial charge in [0.05, 0.1) is 6.42 Å². The Morgan fingerprint density at radius 3 is 2.70 bits per heavy atom. The molecule has 1 aliphatic rings. The summed E-state index contributed by atoms with van der Waals surface area (Å²) in [6.07, 6.45) is 3.30. The van der Waals surface area contributed by atoms with E-state index in [-0.39, 0.29) is 22.6 Å². The van der Waals surface area contributed by atoms with Crippen LogP contribution in [0.25, 0.3) is 0 Å². The number of hydrogen-bond donors (Lipinski definition) is 0. The van der Waals surface area contributed by atoms with E-state index in [0.29, 0.717) is 6.04 Å².